The molecular formula is C10H21NO4. The molecule has 0 unspecified atom stereocenters. The first kappa shape index (κ1) is 14.3. The molecule has 2 atom stereocenters. The highest BCUT2D eigenvalue weighted by Gasteiger charge is 2.19. The van der Waals surface area contributed by atoms with E-state index >= 15 is 0 Å². The van der Waals surface area contributed by atoms with Gasteiger partial charge in [-0.15, -0.1) is 0 Å². The zero-order chi connectivity index (χ0) is 11.8. The minimum absolute atomic E-state index is 0.173. The normalized spacial score (nSPS) is 15.1. The van der Waals surface area contributed by atoms with Gasteiger partial charge in [-0.25, -0.2) is 0 Å². The van der Waals surface area contributed by atoms with Crippen LogP contribution in [0.15, 0.2) is 0 Å². The van der Waals surface area contributed by atoms with E-state index in [4.69, 9.17) is 20.3 Å². The lowest BCUT2D eigenvalue weighted by Crippen LogP contribution is -2.41. The smallest absolute Gasteiger partial charge is 0.325 e. The summed E-state index contributed by atoms with van der Waals surface area (Å²) in [5, 5.41) is 9.01. The van der Waals surface area contributed by atoms with Crippen molar-refractivity contribution in [1.82, 2.24) is 0 Å². The summed E-state index contributed by atoms with van der Waals surface area (Å²) in [5.74, 6) is -0.140. The van der Waals surface area contributed by atoms with E-state index in [1.165, 1.54) is 6.92 Å². The van der Waals surface area contributed by atoms with Gasteiger partial charge in [-0.3, -0.25) is 4.79 Å². The van der Waals surface area contributed by atoms with Crippen LogP contribution in [-0.2, 0) is 14.3 Å². The lowest BCUT2D eigenvalue weighted by molar-refractivity contribution is -0.149. The topological polar surface area (TPSA) is 81.8 Å². The van der Waals surface area contributed by atoms with Crippen LogP contribution in [0.3, 0.4) is 0 Å². The van der Waals surface area contributed by atoms with Crippen molar-refractivity contribution in [2.45, 2.75) is 32.9 Å². The second-order valence-electron chi connectivity index (χ2n) is 3.90. The van der Waals surface area contributed by atoms with Crippen LogP contribution in [0.4, 0.5) is 0 Å². The second kappa shape index (κ2) is 7.62. The summed E-state index contributed by atoms with van der Waals surface area (Å²) in [6.45, 7) is 6.69. The number of carbonyl (C=O) groups excluding carboxylic acids is 1. The molecule has 90 valence electrons. The van der Waals surface area contributed by atoms with Crippen molar-refractivity contribution in [3.05, 3.63) is 0 Å². The molecule has 0 aromatic carbocycles. The molecule has 0 saturated carbocycles. The highest BCUT2D eigenvalue weighted by Crippen LogP contribution is 1.94. The Hall–Kier alpha value is -0.650. The molecule has 0 aromatic heterocycles. The monoisotopic (exact) mass is 219 g/mol. The summed E-state index contributed by atoms with van der Waals surface area (Å²) in [4.78, 5) is 11.1. The Kier molecular flexibility index (Phi) is 7.29. The van der Waals surface area contributed by atoms with E-state index < -0.39 is 18.1 Å². The van der Waals surface area contributed by atoms with Crippen molar-refractivity contribution in [2.75, 3.05) is 19.8 Å². The largest absolute Gasteiger partial charge is 0.462 e. The van der Waals surface area contributed by atoms with Gasteiger partial charge in [0, 0.05) is 6.61 Å². The fraction of sp³-hybridized carbons (Fsp3) is 0.900. The zero-order valence-electron chi connectivity index (χ0n) is 9.60. The van der Waals surface area contributed by atoms with Gasteiger partial charge in [-0.1, -0.05) is 13.8 Å². The van der Waals surface area contributed by atoms with Gasteiger partial charge >= 0.3 is 5.97 Å². The van der Waals surface area contributed by atoms with Crippen molar-refractivity contribution in [2.24, 2.45) is 11.7 Å². The minimum Gasteiger partial charge on any atom is -0.462 e. The molecule has 0 rings (SSSR count). The molecule has 0 spiro atoms. The Morgan fingerprint density at radius 3 is 2.40 bits per heavy atom. The third-order valence-corrected chi connectivity index (χ3v) is 1.72. The lowest BCUT2D eigenvalue weighted by Gasteiger charge is -2.13. The molecule has 5 heteroatoms. The molecule has 0 aliphatic heterocycles. The van der Waals surface area contributed by atoms with Gasteiger partial charge in [-0.05, 0) is 12.8 Å². The number of hydrogen-bond acceptors (Lipinski definition) is 5. The SMILES string of the molecule is CC(C)COCCOC(=O)[C@@H](N)[C@@H](C)O. The van der Waals surface area contributed by atoms with Crippen LogP contribution in [0, 0.1) is 5.92 Å². The minimum atomic E-state index is -0.977. The molecule has 0 aliphatic rings. The molecule has 3 N–H and O–H groups in total. The average Bonchev–Trinajstić information content (AvgIpc) is 2.15. The van der Waals surface area contributed by atoms with E-state index in [-0.39, 0.29) is 6.61 Å². The molecule has 0 fully saturated rings. The van der Waals surface area contributed by atoms with E-state index in [0.29, 0.717) is 19.1 Å². The Morgan fingerprint density at radius 2 is 1.93 bits per heavy atom. The number of esters is 1. The number of aliphatic hydroxyl groups is 1. The van der Waals surface area contributed by atoms with Crippen molar-refractivity contribution >= 4 is 5.97 Å². The van der Waals surface area contributed by atoms with Crippen LogP contribution in [0.2, 0.25) is 0 Å². The van der Waals surface area contributed by atoms with Crippen LogP contribution in [-0.4, -0.2) is 43.0 Å². The molecule has 0 heterocycles. The highest BCUT2D eigenvalue weighted by molar-refractivity contribution is 5.76. The number of ether oxygens (including phenoxy) is 2. The first-order valence-corrected chi connectivity index (χ1v) is 5.13. The maximum atomic E-state index is 11.1. The van der Waals surface area contributed by atoms with Gasteiger partial charge in [0.05, 0.1) is 12.7 Å². The Morgan fingerprint density at radius 1 is 1.33 bits per heavy atom. The Bertz CT molecular complexity index is 182. The van der Waals surface area contributed by atoms with E-state index in [2.05, 4.69) is 0 Å². The van der Waals surface area contributed by atoms with Gasteiger partial charge < -0.3 is 20.3 Å². The van der Waals surface area contributed by atoms with Gasteiger partial charge in [-0.2, -0.15) is 0 Å². The number of carbonyl (C=O) groups is 1. The maximum absolute atomic E-state index is 11.1. The molecule has 0 bridgehead atoms. The fourth-order valence-corrected chi connectivity index (χ4v) is 0.813. The predicted molar refractivity (Wildman–Crippen MR) is 56.3 cm³/mol. The highest BCUT2D eigenvalue weighted by atomic mass is 16.6. The second-order valence-corrected chi connectivity index (χ2v) is 3.90. The van der Waals surface area contributed by atoms with E-state index in [1.54, 1.807) is 0 Å². The van der Waals surface area contributed by atoms with Crippen molar-refractivity contribution in [3.8, 4) is 0 Å². The summed E-state index contributed by atoms with van der Waals surface area (Å²) >= 11 is 0. The lowest BCUT2D eigenvalue weighted by atomic mass is 10.2. The van der Waals surface area contributed by atoms with E-state index in [0.717, 1.165) is 0 Å². The molecule has 0 amide bonds. The number of nitrogens with two attached hydrogens (primary N) is 1. The van der Waals surface area contributed by atoms with E-state index in [9.17, 15) is 4.79 Å². The van der Waals surface area contributed by atoms with Crippen LogP contribution < -0.4 is 5.73 Å². The van der Waals surface area contributed by atoms with Gasteiger partial charge in [0.25, 0.3) is 0 Å². The van der Waals surface area contributed by atoms with Crippen LogP contribution in [0.25, 0.3) is 0 Å². The number of aliphatic hydroxyl groups excluding tert-OH is 1. The molecule has 5 nitrogen and oxygen atoms in total. The third-order valence-electron chi connectivity index (χ3n) is 1.72. The predicted octanol–water partition coefficient (Wildman–Crippen LogP) is -0.0897. The molecule has 0 radical (unpaired) electrons. The first-order valence-electron chi connectivity index (χ1n) is 5.13. The van der Waals surface area contributed by atoms with Crippen molar-refractivity contribution in [3.63, 3.8) is 0 Å². The third kappa shape index (κ3) is 7.30. The van der Waals surface area contributed by atoms with Crippen LogP contribution >= 0.6 is 0 Å². The van der Waals surface area contributed by atoms with Crippen molar-refractivity contribution < 1.29 is 19.4 Å². The van der Waals surface area contributed by atoms with E-state index in [1.807, 2.05) is 13.8 Å². The standard InChI is InChI=1S/C10H21NO4/c1-7(2)6-14-4-5-15-10(13)9(11)8(3)12/h7-9,12H,4-6,11H2,1-3H3/t8-,9+/m1/s1. The average molecular weight is 219 g/mol. The van der Waals surface area contributed by atoms with Gasteiger partial charge in [0.15, 0.2) is 0 Å². The maximum Gasteiger partial charge on any atom is 0.325 e. The number of hydrogen-bond donors (Lipinski definition) is 2. The summed E-state index contributed by atoms with van der Waals surface area (Å²) in [7, 11) is 0. The summed E-state index contributed by atoms with van der Waals surface area (Å²) < 4.78 is 10.0. The molecular weight excluding hydrogens is 198 g/mol. The Labute approximate surface area is 90.5 Å². The van der Waals surface area contributed by atoms with Gasteiger partial charge in [0.2, 0.25) is 0 Å². The first-order chi connectivity index (χ1) is 6.95. The molecule has 0 aromatic rings. The quantitative estimate of drug-likeness (QED) is 0.462. The summed E-state index contributed by atoms with van der Waals surface area (Å²) in [6, 6.07) is -0.977. The molecule has 15 heavy (non-hydrogen) atoms. The molecule has 0 saturated heterocycles. The summed E-state index contributed by atoms with van der Waals surface area (Å²) in [5.41, 5.74) is 5.36. The molecule has 0 aliphatic carbocycles. The Balaban J connectivity index is 3.47. The van der Waals surface area contributed by atoms with Crippen LogP contribution in [0.5, 0.6) is 0 Å². The number of rotatable bonds is 7. The van der Waals surface area contributed by atoms with Crippen LogP contribution in [0.1, 0.15) is 20.8 Å². The zero-order valence-corrected chi connectivity index (χ0v) is 9.60. The van der Waals surface area contributed by atoms with Gasteiger partial charge in [0.1, 0.15) is 12.6 Å². The fourth-order valence-electron chi connectivity index (χ4n) is 0.813. The summed E-state index contributed by atoms with van der Waals surface area (Å²) in [6.07, 6.45) is -0.894. The van der Waals surface area contributed by atoms with Crippen molar-refractivity contribution in [1.29, 1.82) is 0 Å².